The van der Waals surface area contributed by atoms with Crippen LogP contribution in [0.3, 0.4) is 0 Å². The third-order valence-electron chi connectivity index (χ3n) is 3.94. The minimum atomic E-state index is 0.0100. The summed E-state index contributed by atoms with van der Waals surface area (Å²) in [6.45, 7) is 0. The number of benzene rings is 3. The maximum Gasteiger partial charge on any atom is 0.122 e. The van der Waals surface area contributed by atoms with Crippen molar-refractivity contribution in [2.75, 3.05) is 0 Å². The monoisotopic (exact) mass is 356 g/mol. The highest BCUT2D eigenvalue weighted by Gasteiger charge is 2.09. The third-order valence-corrected chi connectivity index (χ3v) is 4.16. The molecular weight excluding hydrogens is 340 g/mol. The Morgan fingerprint density at radius 3 is 1.44 bits per heavy atom. The van der Waals surface area contributed by atoms with Gasteiger partial charge in [-0.05, 0) is 46.5 Å². The van der Waals surface area contributed by atoms with Crippen LogP contribution in [0.15, 0.2) is 54.6 Å². The smallest absolute Gasteiger partial charge is 0.122 e. The zero-order valence-electron chi connectivity index (χ0n) is 13.3. The molecule has 0 fully saturated rings. The van der Waals surface area contributed by atoms with Gasteiger partial charge in [0.1, 0.15) is 23.0 Å². The summed E-state index contributed by atoms with van der Waals surface area (Å²) >= 11 is 6.21. The van der Waals surface area contributed by atoms with Gasteiger partial charge in [-0.15, -0.1) is 0 Å². The highest BCUT2D eigenvalue weighted by Crippen LogP contribution is 2.29. The van der Waals surface area contributed by atoms with E-state index in [0.29, 0.717) is 29.0 Å². The molecule has 0 saturated heterocycles. The van der Waals surface area contributed by atoms with Gasteiger partial charge in [0.05, 0.1) is 0 Å². The van der Waals surface area contributed by atoms with Crippen LogP contribution in [-0.4, -0.2) is 20.4 Å². The lowest BCUT2D eigenvalue weighted by Crippen LogP contribution is -1.94. The van der Waals surface area contributed by atoms with Crippen molar-refractivity contribution in [2.45, 2.75) is 12.8 Å². The molecule has 4 nitrogen and oxygen atoms in total. The van der Waals surface area contributed by atoms with Crippen molar-refractivity contribution in [3.05, 3.63) is 81.9 Å². The van der Waals surface area contributed by atoms with E-state index in [9.17, 15) is 20.4 Å². The van der Waals surface area contributed by atoms with E-state index in [1.807, 2.05) is 18.2 Å². The van der Waals surface area contributed by atoms with Gasteiger partial charge in [0.25, 0.3) is 0 Å². The standard InChI is InChI=1S/C20H17ClO4/c21-16-8-12(6-14-1-3-17(22)10-19(14)24)5-13(9-16)7-15-2-4-18(23)11-20(15)25/h1-5,8-11,22-25H,6-7H2. The molecule has 0 radical (unpaired) electrons. The number of rotatable bonds is 4. The summed E-state index contributed by atoms with van der Waals surface area (Å²) in [5.74, 6) is 0.0714. The van der Waals surface area contributed by atoms with E-state index in [2.05, 4.69) is 0 Å². The van der Waals surface area contributed by atoms with Crippen LogP contribution in [0.5, 0.6) is 23.0 Å². The fourth-order valence-electron chi connectivity index (χ4n) is 2.76. The topological polar surface area (TPSA) is 80.9 Å². The molecule has 0 spiro atoms. The molecule has 0 aliphatic carbocycles. The van der Waals surface area contributed by atoms with E-state index in [1.54, 1.807) is 12.1 Å². The average molecular weight is 357 g/mol. The number of aromatic hydroxyl groups is 4. The molecule has 0 atom stereocenters. The van der Waals surface area contributed by atoms with Crippen molar-refractivity contribution in [3.8, 4) is 23.0 Å². The van der Waals surface area contributed by atoms with Gasteiger partial charge in [-0.2, -0.15) is 0 Å². The van der Waals surface area contributed by atoms with Crippen molar-refractivity contribution < 1.29 is 20.4 Å². The van der Waals surface area contributed by atoms with Gasteiger partial charge in [0.2, 0.25) is 0 Å². The molecule has 0 unspecified atom stereocenters. The van der Waals surface area contributed by atoms with Crippen LogP contribution in [0, 0.1) is 0 Å². The summed E-state index contributed by atoms with van der Waals surface area (Å²) in [5, 5.41) is 39.2. The highest BCUT2D eigenvalue weighted by atomic mass is 35.5. The van der Waals surface area contributed by atoms with Crippen molar-refractivity contribution >= 4 is 11.6 Å². The normalized spacial score (nSPS) is 10.8. The molecule has 3 rings (SSSR count). The van der Waals surface area contributed by atoms with E-state index in [1.165, 1.54) is 24.3 Å². The summed E-state index contributed by atoms with van der Waals surface area (Å²) in [6.07, 6.45) is 0.919. The lowest BCUT2D eigenvalue weighted by Gasteiger charge is -2.10. The SMILES string of the molecule is Oc1ccc(Cc2cc(Cl)cc(Cc3ccc(O)cc3O)c2)c(O)c1. The van der Waals surface area contributed by atoms with Gasteiger partial charge >= 0.3 is 0 Å². The molecule has 0 bridgehead atoms. The minimum Gasteiger partial charge on any atom is -0.508 e. The Labute approximate surface area is 150 Å². The molecule has 3 aromatic carbocycles. The summed E-state index contributed by atoms with van der Waals surface area (Å²) in [5.41, 5.74) is 3.17. The van der Waals surface area contributed by atoms with Crippen LogP contribution >= 0.6 is 11.6 Å². The molecule has 4 N–H and O–H groups in total. The van der Waals surface area contributed by atoms with E-state index in [4.69, 9.17) is 11.6 Å². The fourth-order valence-corrected chi connectivity index (χ4v) is 3.05. The second-order valence-corrected chi connectivity index (χ2v) is 6.38. The van der Waals surface area contributed by atoms with Crippen molar-refractivity contribution in [3.63, 3.8) is 0 Å². The van der Waals surface area contributed by atoms with E-state index >= 15 is 0 Å². The van der Waals surface area contributed by atoms with Crippen LogP contribution in [0.25, 0.3) is 0 Å². The number of hydrogen-bond donors (Lipinski definition) is 4. The van der Waals surface area contributed by atoms with Crippen LogP contribution in [0.4, 0.5) is 0 Å². The Kier molecular flexibility index (Phi) is 4.72. The molecule has 25 heavy (non-hydrogen) atoms. The Bertz CT molecular complexity index is 850. The fraction of sp³-hybridized carbons (Fsp3) is 0.100. The van der Waals surface area contributed by atoms with Crippen molar-refractivity contribution in [1.29, 1.82) is 0 Å². The Hall–Kier alpha value is -2.85. The lowest BCUT2D eigenvalue weighted by atomic mass is 9.98. The average Bonchev–Trinajstić information content (AvgIpc) is 2.52. The molecule has 0 aromatic heterocycles. The zero-order chi connectivity index (χ0) is 18.0. The lowest BCUT2D eigenvalue weighted by molar-refractivity contribution is 0.446. The second-order valence-electron chi connectivity index (χ2n) is 5.95. The number of halogens is 1. The summed E-state index contributed by atoms with van der Waals surface area (Å²) in [6, 6.07) is 14.6. The largest absolute Gasteiger partial charge is 0.508 e. The van der Waals surface area contributed by atoms with Gasteiger partial charge < -0.3 is 20.4 Å². The molecule has 0 aliphatic heterocycles. The molecule has 0 amide bonds. The maximum absolute atomic E-state index is 9.94. The minimum absolute atomic E-state index is 0.0100. The van der Waals surface area contributed by atoms with Gasteiger partial charge in [-0.1, -0.05) is 29.8 Å². The number of hydrogen-bond acceptors (Lipinski definition) is 4. The second kappa shape index (κ2) is 6.95. The van der Waals surface area contributed by atoms with Crippen LogP contribution in [-0.2, 0) is 12.8 Å². The summed E-state index contributed by atoms with van der Waals surface area (Å²) in [4.78, 5) is 0. The molecule has 0 aliphatic rings. The highest BCUT2D eigenvalue weighted by molar-refractivity contribution is 6.30. The first kappa shape index (κ1) is 17.0. The number of phenolic OH excluding ortho intramolecular Hbond substituents is 4. The van der Waals surface area contributed by atoms with Gasteiger partial charge in [-0.3, -0.25) is 0 Å². The van der Waals surface area contributed by atoms with Gasteiger partial charge in [0.15, 0.2) is 0 Å². The molecule has 3 aromatic rings. The van der Waals surface area contributed by atoms with E-state index < -0.39 is 0 Å². The van der Waals surface area contributed by atoms with Crippen LogP contribution in [0.1, 0.15) is 22.3 Å². The molecule has 5 heteroatoms. The first-order valence-electron chi connectivity index (χ1n) is 7.71. The molecule has 128 valence electrons. The molecular formula is C20H17ClO4. The first-order chi connectivity index (χ1) is 11.9. The van der Waals surface area contributed by atoms with E-state index in [-0.39, 0.29) is 23.0 Å². The molecule has 0 saturated carbocycles. The van der Waals surface area contributed by atoms with Crippen LogP contribution < -0.4 is 0 Å². The predicted molar refractivity (Wildman–Crippen MR) is 96.6 cm³/mol. The van der Waals surface area contributed by atoms with Gasteiger partial charge in [-0.25, -0.2) is 0 Å². The van der Waals surface area contributed by atoms with Crippen molar-refractivity contribution in [1.82, 2.24) is 0 Å². The van der Waals surface area contributed by atoms with E-state index in [0.717, 1.165) is 11.1 Å². The first-order valence-corrected chi connectivity index (χ1v) is 8.08. The van der Waals surface area contributed by atoms with Crippen molar-refractivity contribution in [2.24, 2.45) is 0 Å². The Morgan fingerprint density at radius 2 is 1.04 bits per heavy atom. The zero-order valence-corrected chi connectivity index (χ0v) is 14.0. The Morgan fingerprint density at radius 1 is 0.600 bits per heavy atom. The van der Waals surface area contributed by atoms with Crippen LogP contribution in [0.2, 0.25) is 5.02 Å². The third kappa shape index (κ3) is 4.17. The quantitative estimate of drug-likeness (QED) is 0.560. The number of phenols is 4. The summed E-state index contributed by atoms with van der Waals surface area (Å²) in [7, 11) is 0. The predicted octanol–water partition coefficient (Wildman–Crippen LogP) is 4.34. The summed E-state index contributed by atoms with van der Waals surface area (Å²) < 4.78 is 0. The molecule has 0 heterocycles. The van der Waals surface area contributed by atoms with Gasteiger partial charge in [0, 0.05) is 30.0 Å². The Balaban J connectivity index is 1.87. The maximum atomic E-state index is 9.94.